The van der Waals surface area contributed by atoms with Gasteiger partial charge >= 0.3 is 0 Å². The number of fused-ring (bicyclic) bond motifs is 1. The van der Waals surface area contributed by atoms with Crippen LogP contribution in [0.15, 0.2) is 18.2 Å². The Morgan fingerprint density at radius 2 is 2.12 bits per heavy atom. The Morgan fingerprint density at radius 3 is 2.69 bits per heavy atom. The van der Waals surface area contributed by atoms with Crippen LogP contribution in [-0.2, 0) is 11.8 Å². The van der Waals surface area contributed by atoms with Gasteiger partial charge in [-0.1, -0.05) is 26.8 Å². The highest BCUT2D eigenvalue weighted by atomic mass is 16.1. The van der Waals surface area contributed by atoms with Gasteiger partial charge in [0.15, 0.2) is 0 Å². The molecule has 1 atom stereocenters. The van der Waals surface area contributed by atoms with E-state index in [1.165, 1.54) is 17.5 Å². The molecule has 1 aromatic carbocycles. The molecule has 1 aromatic rings. The van der Waals surface area contributed by atoms with Gasteiger partial charge in [-0.25, -0.2) is 0 Å². The molecule has 1 amide bonds. The first-order valence-corrected chi connectivity index (χ1v) is 5.88. The van der Waals surface area contributed by atoms with Crippen molar-refractivity contribution in [2.45, 2.75) is 39.0 Å². The lowest BCUT2D eigenvalue weighted by atomic mass is 9.74. The summed E-state index contributed by atoms with van der Waals surface area (Å²) in [6.07, 6.45) is 2.28. The van der Waals surface area contributed by atoms with Gasteiger partial charge in [0, 0.05) is 5.56 Å². The van der Waals surface area contributed by atoms with Crippen LogP contribution in [0.4, 0.5) is 0 Å². The van der Waals surface area contributed by atoms with Gasteiger partial charge in [0.25, 0.3) is 0 Å². The van der Waals surface area contributed by atoms with E-state index in [-0.39, 0.29) is 11.3 Å². The van der Waals surface area contributed by atoms with Crippen molar-refractivity contribution in [2.24, 2.45) is 11.7 Å². The molecule has 2 rings (SSSR count). The first-order chi connectivity index (χ1) is 7.45. The number of benzene rings is 1. The van der Waals surface area contributed by atoms with Crippen LogP contribution in [0.1, 0.15) is 48.7 Å². The molecule has 0 fully saturated rings. The monoisotopic (exact) mass is 217 g/mol. The molecule has 0 heterocycles. The number of carbonyl (C=O) groups excluding carboxylic acids is 1. The number of hydrogen-bond donors (Lipinski definition) is 1. The molecule has 0 saturated carbocycles. The quantitative estimate of drug-likeness (QED) is 0.813. The third-order valence-corrected chi connectivity index (χ3v) is 4.20. The maximum atomic E-state index is 11.2. The van der Waals surface area contributed by atoms with Gasteiger partial charge in [0.2, 0.25) is 5.91 Å². The van der Waals surface area contributed by atoms with Gasteiger partial charge in [-0.15, -0.1) is 0 Å². The molecule has 2 N–H and O–H groups in total. The summed E-state index contributed by atoms with van der Waals surface area (Å²) < 4.78 is 0. The Hall–Kier alpha value is -1.31. The second kappa shape index (κ2) is 3.62. The van der Waals surface area contributed by atoms with E-state index in [2.05, 4.69) is 26.8 Å². The SMILES string of the molecule is CC(C)C1(C)CCc2ccc(C(N)=O)cc21. The first-order valence-electron chi connectivity index (χ1n) is 5.88. The topological polar surface area (TPSA) is 43.1 Å². The predicted molar refractivity (Wildman–Crippen MR) is 65.5 cm³/mol. The average Bonchev–Trinajstić information content (AvgIpc) is 2.57. The summed E-state index contributed by atoms with van der Waals surface area (Å²) in [5.41, 5.74) is 8.86. The molecular weight excluding hydrogens is 198 g/mol. The normalized spacial score (nSPS) is 23.5. The van der Waals surface area contributed by atoms with E-state index < -0.39 is 0 Å². The Labute approximate surface area is 96.8 Å². The maximum absolute atomic E-state index is 11.2. The minimum atomic E-state index is -0.333. The fourth-order valence-corrected chi connectivity index (χ4v) is 2.61. The number of aryl methyl sites for hydroxylation is 1. The lowest BCUT2D eigenvalue weighted by Crippen LogP contribution is -2.26. The number of rotatable bonds is 2. The van der Waals surface area contributed by atoms with Crippen LogP contribution in [0.3, 0.4) is 0 Å². The summed E-state index contributed by atoms with van der Waals surface area (Å²) >= 11 is 0. The zero-order valence-electron chi connectivity index (χ0n) is 10.2. The van der Waals surface area contributed by atoms with Crippen LogP contribution in [0.5, 0.6) is 0 Å². The van der Waals surface area contributed by atoms with E-state index in [9.17, 15) is 4.79 Å². The Morgan fingerprint density at radius 1 is 1.44 bits per heavy atom. The molecule has 0 radical (unpaired) electrons. The zero-order valence-corrected chi connectivity index (χ0v) is 10.2. The number of primary amides is 1. The standard InChI is InChI=1S/C14H19NO/c1-9(2)14(3)7-6-10-4-5-11(13(15)16)8-12(10)14/h4-5,8-9H,6-7H2,1-3H3,(H2,15,16). The lowest BCUT2D eigenvalue weighted by molar-refractivity contribution is 0.1000. The predicted octanol–water partition coefficient (Wildman–Crippen LogP) is 2.65. The van der Waals surface area contributed by atoms with E-state index in [0.717, 1.165) is 6.42 Å². The Kier molecular flexibility index (Phi) is 2.53. The highest BCUT2D eigenvalue weighted by Crippen LogP contribution is 2.44. The molecular formula is C14H19NO. The van der Waals surface area contributed by atoms with Gasteiger partial charge < -0.3 is 5.73 Å². The number of carbonyl (C=O) groups is 1. The number of amides is 1. The van der Waals surface area contributed by atoms with Crippen LogP contribution < -0.4 is 5.73 Å². The van der Waals surface area contributed by atoms with Crippen molar-refractivity contribution in [3.8, 4) is 0 Å². The second-order valence-electron chi connectivity index (χ2n) is 5.31. The molecule has 1 aliphatic carbocycles. The van der Waals surface area contributed by atoms with E-state index >= 15 is 0 Å². The third-order valence-electron chi connectivity index (χ3n) is 4.20. The van der Waals surface area contributed by atoms with Crippen LogP contribution in [0.2, 0.25) is 0 Å². The minimum absolute atomic E-state index is 0.195. The van der Waals surface area contributed by atoms with Gasteiger partial charge in [-0.05, 0) is 47.4 Å². The summed E-state index contributed by atoms with van der Waals surface area (Å²) in [5.74, 6) is 0.248. The van der Waals surface area contributed by atoms with Crippen molar-refractivity contribution in [2.75, 3.05) is 0 Å². The van der Waals surface area contributed by atoms with E-state index in [0.29, 0.717) is 11.5 Å². The molecule has 0 aromatic heterocycles. The van der Waals surface area contributed by atoms with E-state index in [4.69, 9.17) is 5.73 Å². The van der Waals surface area contributed by atoms with E-state index in [1.54, 1.807) is 0 Å². The van der Waals surface area contributed by atoms with Crippen molar-refractivity contribution in [1.82, 2.24) is 0 Å². The third kappa shape index (κ3) is 1.53. The second-order valence-corrected chi connectivity index (χ2v) is 5.31. The highest BCUT2D eigenvalue weighted by Gasteiger charge is 2.37. The average molecular weight is 217 g/mol. The van der Waals surface area contributed by atoms with Crippen LogP contribution in [0.25, 0.3) is 0 Å². The highest BCUT2D eigenvalue weighted by molar-refractivity contribution is 5.93. The fraction of sp³-hybridized carbons (Fsp3) is 0.500. The summed E-state index contributed by atoms with van der Waals surface area (Å²) in [5, 5.41) is 0. The van der Waals surface area contributed by atoms with Crippen LogP contribution in [0, 0.1) is 5.92 Å². The molecule has 1 unspecified atom stereocenters. The molecule has 1 aliphatic rings. The largest absolute Gasteiger partial charge is 0.366 e. The Balaban J connectivity index is 2.53. The van der Waals surface area contributed by atoms with Crippen molar-refractivity contribution < 1.29 is 4.79 Å². The molecule has 16 heavy (non-hydrogen) atoms. The molecule has 86 valence electrons. The van der Waals surface area contributed by atoms with Gasteiger partial charge in [-0.3, -0.25) is 4.79 Å². The van der Waals surface area contributed by atoms with Gasteiger partial charge in [-0.2, -0.15) is 0 Å². The van der Waals surface area contributed by atoms with Crippen LogP contribution in [-0.4, -0.2) is 5.91 Å². The van der Waals surface area contributed by atoms with Gasteiger partial charge in [0.05, 0.1) is 0 Å². The molecule has 0 spiro atoms. The lowest BCUT2D eigenvalue weighted by Gasteiger charge is -2.30. The first kappa shape index (κ1) is 11.2. The molecule has 0 aliphatic heterocycles. The molecule has 0 saturated heterocycles. The summed E-state index contributed by atoms with van der Waals surface area (Å²) in [7, 11) is 0. The van der Waals surface area contributed by atoms with Crippen molar-refractivity contribution in [3.05, 3.63) is 34.9 Å². The zero-order chi connectivity index (χ0) is 11.9. The summed E-state index contributed by atoms with van der Waals surface area (Å²) in [6, 6.07) is 5.89. The molecule has 2 nitrogen and oxygen atoms in total. The van der Waals surface area contributed by atoms with E-state index in [1.807, 2.05) is 12.1 Å². The number of nitrogens with two attached hydrogens (primary N) is 1. The maximum Gasteiger partial charge on any atom is 0.248 e. The van der Waals surface area contributed by atoms with Crippen molar-refractivity contribution in [1.29, 1.82) is 0 Å². The molecule has 2 heteroatoms. The van der Waals surface area contributed by atoms with Crippen molar-refractivity contribution >= 4 is 5.91 Å². The summed E-state index contributed by atoms with van der Waals surface area (Å²) in [4.78, 5) is 11.2. The smallest absolute Gasteiger partial charge is 0.248 e. The minimum Gasteiger partial charge on any atom is -0.366 e. The molecule has 0 bridgehead atoms. The number of hydrogen-bond acceptors (Lipinski definition) is 1. The van der Waals surface area contributed by atoms with Gasteiger partial charge in [0.1, 0.15) is 0 Å². The van der Waals surface area contributed by atoms with Crippen LogP contribution >= 0.6 is 0 Å². The van der Waals surface area contributed by atoms with Crippen molar-refractivity contribution in [3.63, 3.8) is 0 Å². The summed E-state index contributed by atoms with van der Waals surface area (Å²) in [6.45, 7) is 6.77. The fourth-order valence-electron chi connectivity index (χ4n) is 2.61. The Bertz CT molecular complexity index is 436.